The monoisotopic (exact) mass is 232 g/mol. The van der Waals surface area contributed by atoms with E-state index in [1.165, 1.54) is 0 Å². The predicted molar refractivity (Wildman–Crippen MR) is 64.5 cm³/mol. The second kappa shape index (κ2) is 4.43. The molecule has 1 aliphatic rings. The Morgan fingerprint density at radius 2 is 2.18 bits per heavy atom. The Labute approximate surface area is 99.6 Å². The molecule has 90 valence electrons. The zero-order valence-corrected chi connectivity index (χ0v) is 9.67. The van der Waals surface area contributed by atoms with Crippen LogP contribution in [0, 0.1) is 0 Å². The highest BCUT2D eigenvalue weighted by Crippen LogP contribution is 2.24. The summed E-state index contributed by atoms with van der Waals surface area (Å²) in [6.07, 6.45) is 5.73. The van der Waals surface area contributed by atoms with Gasteiger partial charge in [0.2, 0.25) is 0 Å². The Morgan fingerprint density at radius 3 is 2.94 bits per heavy atom. The summed E-state index contributed by atoms with van der Waals surface area (Å²) in [6, 6.07) is 2.48. The van der Waals surface area contributed by atoms with E-state index in [1.54, 1.807) is 0 Å². The van der Waals surface area contributed by atoms with Gasteiger partial charge >= 0.3 is 0 Å². The highest BCUT2D eigenvalue weighted by molar-refractivity contribution is 5.75. The first kappa shape index (κ1) is 10.7. The van der Waals surface area contributed by atoms with Crippen molar-refractivity contribution in [2.24, 2.45) is 5.73 Å². The summed E-state index contributed by atoms with van der Waals surface area (Å²) in [4.78, 5) is 4.47. The van der Waals surface area contributed by atoms with Gasteiger partial charge in [-0.25, -0.2) is 9.67 Å². The van der Waals surface area contributed by atoms with E-state index in [0.29, 0.717) is 12.6 Å². The number of fused-ring (bicyclic) bond motifs is 1. The lowest BCUT2D eigenvalue weighted by molar-refractivity contribution is 0.0673. The van der Waals surface area contributed by atoms with Gasteiger partial charge in [-0.05, 0) is 24.5 Å². The van der Waals surface area contributed by atoms with Crippen LogP contribution in [0.25, 0.3) is 11.0 Å². The normalized spacial score (nSPS) is 17.7. The number of aromatic nitrogens is 3. The predicted octanol–water partition coefficient (Wildman–Crippen LogP) is 1.24. The van der Waals surface area contributed by atoms with Crippen molar-refractivity contribution in [2.45, 2.75) is 25.4 Å². The maximum absolute atomic E-state index is 5.61. The average molecular weight is 232 g/mol. The molecule has 2 aromatic heterocycles. The zero-order valence-electron chi connectivity index (χ0n) is 9.67. The summed E-state index contributed by atoms with van der Waals surface area (Å²) >= 11 is 0. The number of nitrogens with two attached hydrogens (primary N) is 1. The molecule has 2 aromatic rings. The minimum absolute atomic E-state index is 0.414. The van der Waals surface area contributed by atoms with E-state index in [-0.39, 0.29) is 0 Å². The van der Waals surface area contributed by atoms with Gasteiger partial charge in [0, 0.05) is 31.3 Å². The van der Waals surface area contributed by atoms with E-state index in [2.05, 4.69) is 16.1 Å². The van der Waals surface area contributed by atoms with E-state index < -0.39 is 0 Å². The molecule has 5 heteroatoms. The van der Waals surface area contributed by atoms with Crippen LogP contribution in [0.1, 0.15) is 24.4 Å². The molecule has 5 nitrogen and oxygen atoms in total. The highest BCUT2D eigenvalue weighted by atomic mass is 16.5. The van der Waals surface area contributed by atoms with Gasteiger partial charge in [0.15, 0.2) is 5.65 Å². The second-order valence-electron chi connectivity index (χ2n) is 4.39. The van der Waals surface area contributed by atoms with Crippen LogP contribution in [0.15, 0.2) is 18.5 Å². The van der Waals surface area contributed by atoms with Crippen LogP contribution in [0.3, 0.4) is 0 Å². The van der Waals surface area contributed by atoms with E-state index >= 15 is 0 Å². The van der Waals surface area contributed by atoms with Crippen molar-refractivity contribution in [3.8, 4) is 0 Å². The highest BCUT2D eigenvalue weighted by Gasteiger charge is 2.18. The van der Waals surface area contributed by atoms with Gasteiger partial charge in [0.05, 0.1) is 12.2 Å². The van der Waals surface area contributed by atoms with Gasteiger partial charge in [-0.2, -0.15) is 5.10 Å². The fraction of sp³-hybridized carbons (Fsp3) is 0.500. The van der Waals surface area contributed by atoms with Gasteiger partial charge in [-0.1, -0.05) is 0 Å². The lowest BCUT2D eigenvalue weighted by Crippen LogP contribution is -2.20. The smallest absolute Gasteiger partial charge is 0.157 e. The van der Waals surface area contributed by atoms with E-state index in [0.717, 1.165) is 42.7 Å². The summed E-state index contributed by atoms with van der Waals surface area (Å²) < 4.78 is 7.39. The average Bonchev–Trinajstić information content (AvgIpc) is 2.82. The fourth-order valence-electron chi connectivity index (χ4n) is 2.29. The van der Waals surface area contributed by atoms with Crippen LogP contribution >= 0.6 is 0 Å². The SMILES string of the molecule is NCc1cnc2c(cnn2C2CCOCC2)c1. The molecule has 0 radical (unpaired) electrons. The summed E-state index contributed by atoms with van der Waals surface area (Å²) in [5.74, 6) is 0. The number of hydrogen-bond donors (Lipinski definition) is 1. The molecule has 1 saturated heterocycles. The van der Waals surface area contributed by atoms with E-state index in [9.17, 15) is 0 Å². The fourth-order valence-corrected chi connectivity index (χ4v) is 2.29. The van der Waals surface area contributed by atoms with Crippen molar-refractivity contribution in [1.82, 2.24) is 14.8 Å². The molecule has 1 aliphatic heterocycles. The minimum atomic E-state index is 0.414. The molecule has 3 heterocycles. The molecule has 2 N–H and O–H groups in total. The van der Waals surface area contributed by atoms with Crippen molar-refractivity contribution in [3.05, 3.63) is 24.0 Å². The standard InChI is InChI=1S/C12H16N4O/c13-6-9-5-10-8-15-16(12(10)14-7-9)11-1-3-17-4-2-11/h5,7-8,11H,1-4,6,13H2. The van der Waals surface area contributed by atoms with E-state index in [1.807, 2.05) is 17.1 Å². The van der Waals surface area contributed by atoms with E-state index in [4.69, 9.17) is 10.5 Å². The molecule has 0 aliphatic carbocycles. The Morgan fingerprint density at radius 1 is 1.35 bits per heavy atom. The molecule has 0 aromatic carbocycles. The number of rotatable bonds is 2. The Bertz CT molecular complexity index is 516. The van der Waals surface area contributed by atoms with Crippen LogP contribution in [-0.2, 0) is 11.3 Å². The largest absolute Gasteiger partial charge is 0.381 e. The van der Waals surface area contributed by atoms with Crippen molar-refractivity contribution in [1.29, 1.82) is 0 Å². The first-order chi connectivity index (χ1) is 8.38. The molecular weight excluding hydrogens is 216 g/mol. The third kappa shape index (κ3) is 1.92. The second-order valence-corrected chi connectivity index (χ2v) is 4.39. The summed E-state index contributed by atoms with van der Waals surface area (Å²) in [5, 5.41) is 5.52. The molecule has 0 spiro atoms. The van der Waals surface area contributed by atoms with Crippen LogP contribution in [0.2, 0.25) is 0 Å². The summed E-state index contributed by atoms with van der Waals surface area (Å²) in [5.41, 5.74) is 7.60. The van der Waals surface area contributed by atoms with Crippen LogP contribution in [0.5, 0.6) is 0 Å². The van der Waals surface area contributed by atoms with Gasteiger partial charge in [0.1, 0.15) is 0 Å². The molecule has 0 amide bonds. The van der Waals surface area contributed by atoms with Crippen molar-refractivity contribution in [2.75, 3.05) is 13.2 Å². The van der Waals surface area contributed by atoms with Gasteiger partial charge in [0.25, 0.3) is 0 Å². The lowest BCUT2D eigenvalue weighted by Gasteiger charge is -2.22. The Balaban J connectivity index is 1.99. The quantitative estimate of drug-likeness (QED) is 0.846. The van der Waals surface area contributed by atoms with Crippen LogP contribution < -0.4 is 5.73 Å². The van der Waals surface area contributed by atoms with Crippen LogP contribution in [0.4, 0.5) is 0 Å². The number of nitrogens with zero attached hydrogens (tertiary/aromatic N) is 3. The first-order valence-corrected chi connectivity index (χ1v) is 5.98. The number of hydrogen-bond acceptors (Lipinski definition) is 4. The lowest BCUT2D eigenvalue weighted by atomic mass is 10.1. The van der Waals surface area contributed by atoms with Gasteiger partial charge < -0.3 is 10.5 Å². The van der Waals surface area contributed by atoms with Crippen LogP contribution in [-0.4, -0.2) is 28.0 Å². The Hall–Kier alpha value is -1.46. The third-order valence-electron chi connectivity index (χ3n) is 3.26. The topological polar surface area (TPSA) is 66.0 Å². The van der Waals surface area contributed by atoms with Crippen molar-refractivity contribution < 1.29 is 4.74 Å². The molecule has 0 atom stereocenters. The third-order valence-corrected chi connectivity index (χ3v) is 3.26. The maximum atomic E-state index is 5.61. The molecule has 0 unspecified atom stereocenters. The zero-order chi connectivity index (χ0) is 11.7. The summed E-state index contributed by atoms with van der Waals surface area (Å²) in [6.45, 7) is 2.14. The molecule has 3 rings (SSSR count). The molecular formula is C12H16N4O. The molecule has 0 saturated carbocycles. The Kier molecular flexibility index (Phi) is 2.78. The molecule has 17 heavy (non-hydrogen) atoms. The van der Waals surface area contributed by atoms with Gasteiger partial charge in [-0.3, -0.25) is 0 Å². The van der Waals surface area contributed by atoms with Crippen molar-refractivity contribution >= 4 is 11.0 Å². The summed E-state index contributed by atoms with van der Waals surface area (Å²) in [7, 11) is 0. The number of ether oxygens (including phenoxy) is 1. The number of pyridine rings is 1. The first-order valence-electron chi connectivity index (χ1n) is 5.98. The molecule has 1 fully saturated rings. The maximum Gasteiger partial charge on any atom is 0.157 e. The molecule has 0 bridgehead atoms. The van der Waals surface area contributed by atoms with Crippen molar-refractivity contribution in [3.63, 3.8) is 0 Å². The minimum Gasteiger partial charge on any atom is -0.381 e. The van der Waals surface area contributed by atoms with Gasteiger partial charge in [-0.15, -0.1) is 0 Å².